The van der Waals surface area contributed by atoms with Crippen molar-refractivity contribution in [2.75, 3.05) is 0 Å². The van der Waals surface area contributed by atoms with E-state index in [4.69, 9.17) is 12.2 Å². The van der Waals surface area contributed by atoms with Gasteiger partial charge in [-0.1, -0.05) is 80.9 Å². The lowest BCUT2D eigenvalue weighted by atomic mass is 9.98. The zero-order valence-corrected chi connectivity index (χ0v) is 17.4. The zero-order valence-electron chi connectivity index (χ0n) is 16.5. The summed E-state index contributed by atoms with van der Waals surface area (Å²) in [7, 11) is 0. The van der Waals surface area contributed by atoms with Gasteiger partial charge in [-0.25, -0.2) is 14.5 Å². The van der Waals surface area contributed by atoms with Crippen LogP contribution >= 0.6 is 12.2 Å². The monoisotopic (exact) mass is 407 g/mol. The normalized spacial score (nSPS) is 10.8. The quantitative estimate of drug-likeness (QED) is 0.371. The molecule has 29 heavy (non-hydrogen) atoms. The van der Waals surface area contributed by atoms with E-state index in [1.165, 1.54) is 24.6 Å². The first-order chi connectivity index (χ1) is 14.1. The second kappa shape index (κ2) is 10.1. The summed E-state index contributed by atoms with van der Waals surface area (Å²) < 4.78 is 1.96. The number of aromatic nitrogens is 3. The van der Waals surface area contributed by atoms with Gasteiger partial charge >= 0.3 is 5.97 Å². The van der Waals surface area contributed by atoms with Crippen LogP contribution in [0.1, 0.15) is 60.2 Å². The van der Waals surface area contributed by atoms with Crippen molar-refractivity contribution in [3.05, 3.63) is 71.3 Å². The molecule has 0 radical (unpaired) electrons. The summed E-state index contributed by atoms with van der Waals surface area (Å²) in [4.78, 5) is 16.0. The molecular formula is C23H25N3O2S. The Labute approximate surface area is 176 Å². The third kappa shape index (κ3) is 5.35. The van der Waals surface area contributed by atoms with Crippen LogP contribution in [0.3, 0.4) is 0 Å². The summed E-state index contributed by atoms with van der Waals surface area (Å²) in [6, 6.07) is 15.0. The van der Waals surface area contributed by atoms with Crippen LogP contribution in [0.15, 0.2) is 48.5 Å². The Hall–Kier alpha value is -2.86. The molecule has 0 bridgehead atoms. The maximum absolute atomic E-state index is 11.5. The number of carboxylic acids is 1. The number of hydrogen-bond donors (Lipinski definition) is 1. The highest BCUT2D eigenvalue weighted by atomic mass is 32.1. The second-order valence-corrected chi connectivity index (χ2v) is 7.25. The molecule has 0 aliphatic carbocycles. The van der Waals surface area contributed by atoms with Crippen LogP contribution in [0.2, 0.25) is 0 Å². The van der Waals surface area contributed by atoms with Gasteiger partial charge in [-0.3, -0.25) is 0 Å². The lowest BCUT2D eigenvalue weighted by molar-refractivity contribution is 0.0697. The predicted molar refractivity (Wildman–Crippen MR) is 119 cm³/mol. The number of nitrogens with zero attached hydrogens (tertiary/aromatic N) is 3. The number of aryl methyl sites for hydroxylation is 1. The van der Waals surface area contributed by atoms with Gasteiger partial charge in [0.15, 0.2) is 5.82 Å². The second-order valence-electron chi connectivity index (χ2n) is 7.01. The van der Waals surface area contributed by atoms with Gasteiger partial charge in [0.2, 0.25) is 0 Å². The molecule has 1 aromatic heterocycles. The molecule has 3 aromatic rings. The van der Waals surface area contributed by atoms with E-state index in [2.05, 4.69) is 17.0 Å². The minimum atomic E-state index is -0.923. The minimum absolute atomic E-state index is 0.303. The van der Waals surface area contributed by atoms with E-state index in [1.54, 1.807) is 12.1 Å². The number of aromatic carboxylic acids is 1. The lowest BCUT2D eigenvalue weighted by Gasteiger charge is -2.08. The number of rotatable bonds is 10. The number of benzene rings is 2. The Morgan fingerprint density at radius 2 is 1.86 bits per heavy atom. The molecular weight excluding hydrogens is 382 g/mol. The topological polar surface area (TPSA) is 68.0 Å². The van der Waals surface area contributed by atoms with Crippen molar-refractivity contribution < 1.29 is 9.90 Å². The highest BCUT2D eigenvalue weighted by Gasteiger charge is 2.12. The first-order valence-corrected chi connectivity index (χ1v) is 10.4. The van der Waals surface area contributed by atoms with Gasteiger partial charge in [-0.2, -0.15) is 5.10 Å². The van der Waals surface area contributed by atoms with Gasteiger partial charge in [0.25, 0.3) is 0 Å². The summed E-state index contributed by atoms with van der Waals surface area (Å²) in [6.45, 7) is 3.04. The van der Waals surface area contributed by atoms with E-state index in [1.807, 2.05) is 41.1 Å². The Bertz CT molecular complexity index is 980. The first kappa shape index (κ1) is 20.9. The van der Waals surface area contributed by atoms with Crippen LogP contribution in [0.25, 0.3) is 11.1 Å². The molecule has 0 amide bonds. The van der Waals surface area contributed by atoms with Crippen LogP contribution in [0.5, 0.6) is 0 Å². The summed E-state index contributed by atoms with van der Waals surface area (Å²) in [6.07, 6.45) is 5.34. The van der Waals surface area contributed by atoms with Crippen LogP contribution < -0.4 is 0 Å². The largest absolute Gasteiger partial charge is 0.478 e. The van der Waals surface area contributed by atoms with Crippen LogP contribution in [0, 0.1) is 0 Å². The molecule has 1 heterocycles. The van der Waals surface area contributed by atoms with Gasteiger partial charge in [-0.05, 0) is 29.2 Å². The predicted octanol–water partition coefficient (Wildman–Crippen LogP) is 5.16. The van der Waals surface area contributed by atoms with E-state index in [0.29, 0.717) is 23.4 Å². The fourth-order valence-electron chi connectivity index (χ4n) is 3.35. The summed E-state index contributed by atoms with van der Waals surface area (Å²) in [5.41, 5.74) is 3.00. The molecule has 0 aliphatic heterocycles. The fraction of sp³-hybridized carbons (Fsp3) is 0.304. The van der Waals surface area contributed by atoms with E-state index >= 15 is 0 Å². The van der Waals surface area contributed by atoms with Crippen LogP contribution in [-0.4, -0.2) is 31.2 Å². The summed E-state index contributed by atoms with van der Waals surface area (Å²) >= 11 is 5.00. The number of thiocarbonyl (C=S) groups is 1. The minimum Gasteiger partial charge on any atom is -0.478 e. The molecule has 0 saturated carbocycles. The maximum Gasteiger partial charge on any atom is 0.336 e. The van der Waals surface area contributed by atoms with Crippen molar-refractivity contribution in [3.8, 4) is 11.1 Å². The van der Waals surface area contributed by atoms with Gasteiger partial charge in [0.05, 0.1) is 5.56 Å². The van der Waals surface area contributed by atoms with E-state index < -0.39 is 5.97 Å². The Morgan fingerprint density at radius 1 is 1.10 bits per heavy atom. The molecule has 0 atom stereocenters. The van der Waals surface area contributed by atoms with Crippen molar-refractivity contribution >= 4 is 23.6 Å². The number of hydrogen-bond acceptors (Lipinski definition) is 4. The zero-order chi connectivity index (χ0) is 20.6. The van der Waals surface area contributed by atoms with Crippen molar-refractivity contribution in [2.24, 2.45) is 0 Å². The molecule has 150 valence electrons. The third-order valence-electron chi connectivity index (χ3n) is 4.88. The molecule has 0 aliphatic rings. The van der Waals surface area contributed by atoms with Crippen molar-refractivity contribution in [2.45, 2.75) is 45.6 Å². The number of unbranched alkanes of at least 4 members (excludes halogenated alkanes) is 3. The standard InChI is InChI=1S/C23H25N3O2S/c1-2-3-4-7-14-26-22(24-21(16-29)25-26)15-17-10-12-18(13-11-17)19-8-5-6-9-20(19)23(27)28/h5-6,8-13,16H,2-4,7,14-15H2,1H3,(H,27,28). The van der Waals surface area contributed by atoms with Crippen molar-refractivity contribution in [1.82, 2.24) is 14.8 Å². The number of carbonyl (C=O) groups is 1. The molecule has 6 heteroatoms. The van der Waals surface area contributed by atoms with E-state index in [9.17, 15) is 9.90 Å². The Kier molecular flexibility index (Phi) is 7.25. The molecule has 0 spiro atoms. The highest BCUT2D eigenvalue weighted by Crippen LogP contribution is 2.24. The molecule has 0 unspecified atom stereocenters. The average molecular weight is 408 g/mol. The highest BCUT2D eigenvalue weighted by molar-refractivity contribution is 7.79. The summed E-state index contributed by atoms with van der Waals surface area (Å²) in [5, 5.41) is 15.4. The SMILES string of the molecule is CCCCCCn1nc(C=S)nc1Cc1ccc(-c2ccccc2C(=O)O)cc1. The van der Waals surface area contributed by atoms with E-state index in [-0.39, 0.29) is 0 Å². The molecule has 0 fully saturated rings. The van der Waals surface area contributed by atoms with Gasteiger partial charge in [-0.15, -0.1) is 0 Å². The fourth-order valence-corrected chi connectivity index (χ4v) is 3.45. The maximum atomic E-state index is 11.5. The molecule has 1 N–H and O–H groups in total. The average Bonchev–Trinajstić information content (AvgIpc) is 3.13. The lowest BCUT2D eigenvalue weighted by Crippen LogP contribution is -2.07. The third-order valence-corrected chi connectivity index (χ3v) is 5.09. The van der Waals surface area contributed by atoms with Crippen molar-refractivity contribution in [3.63, 3.8) is 0 Å². The van der Waals surface area contributed by atoms with E-state index in [0.717, 1.165) is 29.9 Å². The molecule has 3 rings (SSSR count). The smallest absolute Gasteiger partial charge is 0.336 e. The summed E-state index contributed by atoms with van der Waals surface area (Å²) in [5.74, 6) is 0.558. The Morgan fingerprint density at radius 3 is 2.55 bits per heavy atom. The Balaban J connectivity index is 1.77. The molecule has 2 aromatic carbocycles. The van der Waals surface area contributed by atoms with Crippen LogP contribution in [-0.2, 0) is 13.0 Å². The van der Waals surface area contributed by atoms with Gasteiger partial charge < -0.3 is 5.11 Å². The molecule has 5 nitrogen and oxygen atoms in total. The van der Waals surface area contributed by atoms with Gasteiger partial charge in [0.1, 0.15) is 5.82 Å². The number of carboxylic acid groups (broad SMARTS) is 1. The van der Waals surface area contributed by atoms with Gasteiger partial charge in [0, 0.05) is 18.3 Å². The van der Waals surface area contributed by atoms with Crippen LogP contribution in [0.4, 0.5) is 0 Å². The first-order valence-electron chi connectivity index (χ1n) is 9.93. The van der Waals surface area contributed by atoms with Crippen molar-refractivity contribution in [1.29, 1.82) is 0 Å². The molecule has 0 saturated heterocycles.